The van der Waals surface area contributed by atoms with Crippen molar-refractivity contribution in [2.75, 3.05) is 27.0 Å². The Labute approximate surface area is 177 Å². The lowest BCUT2D eigenvalue weighted by atomic mass is 10.1. The van der Waals surface area contributed by atoms with Gasteiger partial charge in [0.2, 0.25) is 5.12 Å². The molecule has 0 bridgehead atoms. The molecule has 2 aliphatic heterocycles. The molecule has 1 fully saturated rings. The molecule has 1 saturated heterocycles. The fraction of sp³-hybridized carbons (Fsp3) is 0.286. The van der Waals surface area contributed by atoms with Crippen LogP contribution in [0.2, 0.25) is 0 Å². The number of amides is 2. The Morgan fingerprint density at radius 3 is 2.67 bits per heavy atom. The number of thioether (sulfide) groups is 1. The van der Waals surface area contributed by atoms with Crippen LogP contribution in [-0.2, 0) is 11.2 Å². The van der Waals surface area contributed by atoms with Gasteiger partial charge in [-0.3, -0.25) is 14.4 Å². The minimum absolute atomic E-state index is 0.153. The van der Waals surface area contributed by atoms with Crippen molar-refractivity contribution in [3.8, 4) is 17.2 Å². The molecule has 2 aromatic carbocycles. The molecule has 4 rings (SSSR count). The summed E-state index contributed by atoms with van der Waals surface area (Å²) in [6, 6.07) is 12.1. The van der Waals surface area contributed by atoms with Gasteiger partial charge >= 0.3 is 0 Å². The number of fused-ring (bicyclic) bond motifs is 1. The first-order chi connectivity index (χ1) is 14.5. The largest absolute Gasteiger partial charge is 0.496 e. The van der Waals surface area contributed by atoms with Crippen LogP contribution in [0, 0.1) is 0 Å². The average molecular weight is 428 g/mol. The summed E-state index contributed by atoms with van der Waals surface area (Å²) in [5.41, 5.74) is 1.34. The number of rotatable bonds is 7. The Balaban J connectivity index is 1.30. The van der Waals surface area contributed by atoms with E-state index in [1.54, 1.807) is 35.2 Å². The Hall–Kier alpha value is -3.20. The maximum absolute atomic E-state index is 12.7. The minimum atomic E-state index is -0.487. The molecule has 30 heavy (non-hydrogen) atoms. The average Bonchev–Trinajstić information content (AvgIpc) is 3.07. The summed E-state index contributed by atoms with van der Waals surface area (Å²) >= 11 is 0.710. The van der Waals surface area contributed by atoms with Crippen molar-refractivity contribution in [1.82, 2.24) is 10.2 Å². The van der Waals surface area contributed by atoms with Crippen LogP contribution < -0.4 is 19.5 Å². The van der Waals surface area contributed by atoms with E-state index in [0.717, 1.165) is 5.56 Å². The van der Waals surface area contributed by atoms with Crippen molar-refractivity contribution in [3.05, 3.63) is 53.6 Å². The van der Waals surface area contributed by atoms with Gasteiger partial charge in [-0.2, -0.15) is 0 Å². The SMILES string of the molecule is COc1cccc2c1C(=O)N(CCOc1ccc(CC3NC(=O)SC3=O)cc1)CO2. The first-order valence-corrected chi connectivity index (χ1v) is 10.2. The van der Waals surface area contributed by atoms with Gasteiger partial charge < -0.3 is 24.4 Å². The first-order valence-electron chi connectivity index (χ1n) is 9.38. The van der Waals surface area contributed by atoms with Crippen LogP contribution in [0.3, 0.4) is 0 Å². The second-order valence-electron chi connectivity index (χ2n) is 6.78. The zero-order valence-electron chi connectivity index (χ0n) is 16.3. The summed E-state index contributed by atoms with van der Waals surface area (Å²) in [6.45, 7) is 0.811. The smallest absolute Gasteiger partial charge is 0.287 e. The maximum atomic E-state index is 12.7. The predicted octanol–water partition coefficient (Wildman–Crippen LogP) is 2.46. The van der Waals surface area contributed by atoms with Gasteiger partial charge in [-0.05, 0) is 29.8 Å². The third-order valence-corrected chi connectivity index (χ3v) is 5.64. The van der Waals surface area contributed by atoms with E-state index < -0.39 is 6.04 Å². The van der Waals surface area contributed by atoms with E-state index in [1.807, 2.05) is 12.1 Å². The highest BCUT2D eigenvalue weighted by atomic mass is 32.2. The topological polar surface area (TPSA) is 94.2 Å². The second-order valence-corrected chi connectivity index (χ2v) is 7.75. The van der Waals surface area contributed by atoms with Crippen molar-refractivity contribution in [2.24, 2.45) is 0 Å². The van der Waals surface area contributed by atoms with Gasteiger partial charge in [-0.1, -0.05) is 18.2 Å². The Bertz CT molecular complexity index is 964. The number of carbonyl (C=O) groups excluding carboxylic acids is 3. The molecule has 0 aliphatic carbocycles. The number of nitrogens with one attached hydrogen (secondary N) is 1. The van der Waals surface area contributed by atoms with Crippen LogP contribution in [-0.4, -0.2) is 54.2 Å². The molecule has 9 heteroatoms. The van der Waals surface area contributed by atoms with Gasteiger partial charge in [0.05, 0.1) is 13.7 Å². The number of hydrogen-bond donors (Lipinski definition) is 1. The fourth-order valence-electron chi connectivity index (χ4n) is 3.30. The molecule has 1 N–H and O–H groups in total. The van der Waals surface area contributed by atoms with E-state index in [4.69, 9.17) is 14.2 Å². The third kappa shape index (κ3) is 4.20. The maximum Gasteiger partial charge on any atom is 0.287 e. The molecule has 2 aromatic rings. The van der Waals surface area contributed by atoms with Crippen molar-refractivity contribution >= 4 is 28.0 Å². The molecule has 2 aliphatic rings. The van der Waals surface area contributed by atoms with Crippen LogP contribution in [0.5, 0.6) is 17.2 Å². The van der Waals surface area contributed by atoms with Crippen molar-refractivity contribution in [3.63, 3.8) is 0 Å². The number of ether oxygens (including phenoxy) is 3. The van der Waals surface area contributed by atoms with Gasteiger partial charge in [-0.15, -0.1) is 0 Å². The molecule has 0 radical (unpaired) electrons. The Morgan fingerprint density at radius 2 is 1.97 bits per heavy atom. The molecule has 2 amide bonds. The second kappa shape index (κ2) is 8.66. The van der Waals surface area contributed by atoms with Gasteiger partial charge in [0, 0.05) is 18.2 Å². The summed E-state index contributed by atoms with van der Waals surface area (Å²) in [5, 5.41) is 2.18. The van der Waals surface area contributed by atoms with E-state index in [9.17, 15) is 14.4 Å². The van der Waals surface area contributed by atoms with Crippen LogP contribution >= 0.6 is 11.8 Å². The van der Waals surface area contributed by atoms with Gasteiger partial charge in [-0.25, -0.2) is 0 Å². The van der Waals surface area contributed by atoms with Gasteiger partial charge in [0.1, 0.15) is 35.5 Å². The third-order valence-electron chi connectivity index (χ3n) is 4.85. The van der Waals surface area contributed by atoms with E-state index in [1.165, 1.54) is 7.11 Å². The van der Waals surface area contributed by atoms with Crippen LogP contribution in [0.25, 0.3) is 0 Å². The standard InChI is InChI=1S/C21H20N2O6S/c1-27-16-3-2-4-17-18(16)19(24)23(12-29-17)9-10-28-14-7-5-13(6-8-14)11-15-20(25)30-21(26)22-15/h2-8,15H,9-12H2,1H3,(H,22,26). The van der Waals surface area contributed by atoms with E-state index in [-0.39, 0.29) is 23.0 Å². The first kappa shape index (κ1) is 20.1. The molecular weight excluding hydrogens is 408 g/mol. The lowest BCUT2D eigenvalue weighted by Crippen LogP contribution is -2.41. The number of hydrogen-bond acceptors (Lipinski definition) is 7. The van der Waals surface area contributed by atoms with E-state index >= 15 is 0 Å². The number of nitrogens with zero attached hydrogens (tertiary/aromatic N) is 1. The Kier molecular flexibility index (Phi) is 5.80. The van der Waals surface area contributed by atoms with Gasteiger partial charge in [0.25, 0.3) is 11.1 Å². The number of benzene rings is 2. The number of methoxy groups -OCH3 is 1. The number of carbonyl (C=O) groups is 3. The molecule has 0 aromatic heterocycles. The molecule has 0 saturated carbocycles. The zero-order valence-corrected chi connectivity index (χ0v) is 17.1. The highest BCUT2D eigenvalue weighted by Crippen LogP contribution is 2.32. The van der Waals surface area contributed by atoms with Crippen molar-refractivity contribution in [2.45, 2.75) is 12.5 Å². The summed E-state index contributed by atoms with van der Waals surface area (Å²) in [5.74, 6) is 1.49. The highest BCUT2D eigenvalue weighted by molar-refractivity contribution is 8.26. The molecule has 156 valence electrons. The van der Waals surface area contributed by atoms with Crippen LogP contribution in [0.15, 0.2) is 42.5 Å². The van der Waals surface area contributed by atoms with E-state index in [0.29, 0.717) is 54.1 Å². The molecule has 0 spiro atoms. The van der Waals surface area contributed by atoms with Crippen molar-refractivity contribution < 1.29 is 28.6 Å². The van der Waals surface area contributed by atoms with Crippen molar-refractivity contribution in [1.29, 1.82) is 0 Å². The van der Waals surface area contributed by atoms with E-state index in [2.05, 4.69) is 5.32 Å². The lowest BCUT2D eigenvalue weighted by Gasteiger charge is -2.29. The molecule has 8 nitrogen and oxygen atoms in total. The van der Waals surface area contributed by atoms with Crippen LogP contribution in [0.1, 0.15) is 15.9 Å². The molecule has 2 heterocycles. The summed E-state index contributed by atoms with van der Waals surface area (Å²) in [7, 11) is 1.52. The summed E-state index contributed by atoms with van der Waals surface area (Å²) in [6.07, 6.45) is 0.443. The van der Waals surface area contributed by atoms with Gasteiger partial charge in [0.15, 0.2) is 6.73 Å². The quantitative estimate of drug-likeness (QED) is 0.724. The Morgan fingerprint density at radius 1 is 1.17 bits per heavy atom. The highest BCUT2D eigenvalue weighted by Gasteiger charge is 2.31. The monoisotopic (exact) mass is 428 g/mol. The minimum Gasteiger partial charge on any atom is -0.496 e. The molecule has 1 unspecified atom stereocenters. The summed E-state index contributed by atoms with van der Waals surface area (Å²) in [4.78, 5) is 37.3. The van der Waals surface area contributed by atoms with Crippen LogP contribution in [0.4, 0.5) is 4.79 Å². The normalized spacial score (nSPS) is 18.0. The summed E-state index contributed by atoms with van der Waals surface area (Å²) < 4.78 is 16.7. The molecule has 1 atom stereocenters. The fourth-order valence-corrected chi connectivity index (χ4v) is 3.97. The zero-order chi connectivity index (χ0) is 21.1. The molecular formula is C21H20N2O6S. The lowest BCUT2D eigenvalue weighted by molar-refractivity contribution is -0.112. The predicted molar refractivity (Wildman–Crippen MR) is 110 cm³/mol.